The summed E-state index contributed by atoms with van der Waals surface area (Å²) < 4.78 is 16.4. The summed E-state index contributed by atoms with van der Waals surface area (Å²) in [4.78, 5) is 15.4. The van der Waals surface area contributed by atoms with Gasteiger partial charge in [-0.15, -0.1) is 0 Å². The maximum Gasteiger partial charge on any atom is 0.258 e. The topological polar surface area (TPSA) is 60.0 Å². The number of benzene rings is 2. The van der Waals surface area contributed by atoms with Crippen LogP contribution in [0.4, 0.5) is 11.4 Å². The van der Waals surface area contributed by atoms with Gasteiger partial charge in [0.1, 0.15) is 11.5 Å². The fourth-order valence-corrected chi connectivity index (χ4v) is 5.31. The molecular formula is C24H26N2O4. The van der Waals surface area contributed by atoms with Crippen molar-refractivity contribution in [3.05, 3.63) is 60.2 Å². The lowest BCUT2D eigenvalue weighted by Crippen LogP contribution is -2.50. The first-order chi connectivity index (χ1) is 14.7. The summed E-state index contributed by atoms with van der Waals surface area (Å²) in [5, 5.41) is 3.59. The average molecular weight is 406 g/mol. The van der Waals surface area contributed by atoms with Gasteiger partial charge in [-0.05, 0) is 60.4 Å². The van der Waals surface area contributed by atoms with E-state index in [0.29, 0.717) is 5.92 Å². The van der Waals surface area contributed by atoms with E-state index in [0.717, 1.165) is 34.9 Å². The van der Waals surface area contributed by atoms with Gasteiger partial charge >= 0.3 is 0 Å². The third-order valence-electron chi connectivity index (χ3n) is 6.66. The number of ether oxygens (including phenoxy) is 3. The van der Waals surface area contributed by atoms with Crippen molar-refractivity contribution in [2.45, 2.75) is 30.5 Å². The lowest BCUT2D eigenvalue weighted by Gasteiger charge is -2.42. The van der Waals surface area contributed by atoms with Crippen LogP contribution in [0.25, 0.3) is 0 Å². The van der Waals surface area contributed by atoms with Gasteiger partial charge in [0.25, 0.3) is 5.91 Å². The Kier molecular flexibility index (Phi) is 4.66. The van der Waals surface area contributed by atoms with Gasteiger partial charge in [-0.3, -0.25) is 4.79 Å². The molecule has 0 unspecified atom stereocenters. The van der Waals surface area contributed by atoms with Gasteiger partial charge in [-0.25, -0.2) is 0 Å². The Morgan fingerprint density at radius 2 is 1.73 bits per heavy atom. The van der Waals surface area contributed by atoms with Gasteiger partial charge < -0.3 is 24.4 Å². The number of carbonyl (C=O) groups is 1. The fourth-order valence-electron chi connectivity index (χ4n) is 5.31. The van der Waals surface area contributed by atoms with Crippen molar-refractivity contribution in [2.75, 3.05) is 31.5 Å². The summed E-state index contributed by atoms with van der Waals surface area (Å²) in [7, 11) is 4.94. The monoisotopic (exact) mass is 406 g/mol. The van der Waals surface area contributed by atoms with E-state index >= 15 is 0 Å². The molecule has 2 heterocycles. The summed E-state index contributed by atoms with van der Waals surface area (Å²) in [5.74, 6) is 2.18. The molecule has 3 aliphatic rings. The van der Waals surface area contributed by atoms with Crippen LogP contribution < -0.4 is 19.7 Å². The van der Waals surface area contributed by atoms with Crippen LogP contribution >= 0.6 is 0 Å². The van der Waals surface area contributed by atoms with Crippen molar-refractivity contribution in [2.24, 2.45) is 5.92 Å². The summed E-state index contributed by atoms with van der Waals surface area (Å²) in [6.07, 6.45) is 4.89. The third kappa shape index (κ3) is 2.78. The van der Waals surface area contributed by atoms with Crippen LogP contribution in [0.15, 0.2) is 54.6 Å². The Balaban J connectivity index is 1.56. The highest BCUT2D eigenvalue weighted by molar-refractivity contribution is 6.03. The standard InChI is InChI=1S/C24H26N2O4/c1-28-15-9-7-14(8-10-15)25-21-22-18-6-4-5-17(18)19-13-16(29-2)11-12-20(19)26(22)24(27)23(21)30-3/h4-5,7-13,17-18,21-23,25H,6H2,1-3H3/t17-,18+,21+,22-,23-/m1/s1. The number of nitrogens with one attached hydrogen (secondary N) is 1. The zero-order valence-corrected chi connectivity index (χ0v) is 17.4. The molecule has 6 heteroatoms. The maximum atomic E-state index is 13.5. The first-order valence-corrected chi connectivity index (χ1v) is 10.3. The normalized spacial score (nSPS) is 28.7. The van der Waals surface area contributed by atoms with E-state index in [9.17, 15) is 4.79 Å². The van der Waals surface area contributed by atoms with Crippen molar-refractivity contribution in [3.8, 4) is 11.5 Å². The first-order valence-electron chi connectivity index (χ1n) is 10.3. The van der Waals surface area contributed by atoms with Crippen LogP contribution in [-0.2, 0) is 9.53 Å². The molecule has 0 saturated carbocycles. The molecule has 2 aromatic rings. The van der Waals surface area contributed by atoms with Gasteiger partial charge in [0.05, 0.1) is 26.3 Å². The van der Waals surface area contributed by atoms with Crippen molar-refractivity contribution >= 4 is 17.3 Å². The molecule has 0 spiro atoms. The van der Waals surface area contributed by atoms with Crippen molar-refractivity contribution in [3.63, 3.8) is 0 Å². The van der Waals surface area contributed by atoms with Gasteiger partial charge in [-0.1, -0.05) is 12.2 Å². The number of rotatable bonds is 5. The second kappa shape index (κ2) is 7.36. The van der Waals surface area contributed by atoms with E-state index < -0.39 is 6.10 Å². The lowest BCUT2D eigenvalue weighted by atomic mass is 9.77. The van der Waals surface area contributed by atoms with Crippen LogP contribution in [0.2, 0.25) is 0 Å². The molecule has 1 N–H and O–H groups in total. The largest absolute Gasteiger partial charge is 0.497 e. The van der Waals surface area contributed by atoms with Gasteiger partial charge in [0, 0.05) is 24.4 Å². The van der Waals surface area contributed by atoms with Crippen LogP contribution in [0.1, 0.15) is 17.9 Å². The smallest absolute Gasteiger partial charge is 0.258 e. The molecular weight excluding hydrogens is 380 g/mol. The van der Waals surface area contributed by atoms with Crippen molar-refractivity contribution in [1.29, 1.82) is 0 Å². The predicted octanol–water partition coefficient (Wildman–Crippen LogP) is 3.59. The van der Waals surface area contributed by atoms with E-state index in [1.54, 1.807) is 21.3 Å². The molecule has 0 bridgehead atoms. The molecule has 5 rings (SSSR count). The minimum absolute atomic E-state index is 0.00489. The molecule has 6 nitrogen and oxygen atoms in total. The number of hydrogen-bond donors (Lipinski definition) is 1. The number of carbonyl (C=O) groups excluding carboxylic acids is 1. The van der Waals surface area contributed by atoms with Crippen LogP contribution in [-0.4, -0.2) is 45.4 Å². The predicted molar refractivity (Wildman–Crippen MR) is 115 cm³/mol. The molecule has 30 heavy (non-hydrogen) atoms. The first kappa shape index (κ1) is 19.0. The minimum Gasteiger partial charge on any atom is -0.497 e. The second-order valence-electron chi connectivity index (χ2n) is 8.03. The lowest BCUT2D eigenvalue weighted by molar-refractivity contribution is -0.125. The van der Waals surface area contributed by atoms with Crippen LogP contribution in [0.3, 0.4) is 0 Å². The molecule has 5 atom stereocenters. The number of nitrogens with zero attached hydrogens (tertiary/aromatic N) is 1. The van der Waals surface area contributed by atoms with Crippen molar-refractivity contribution < 1.29 is 19.0 Å². The number of amides is 1. The minimum atomic E-state index is -0.550. The molecule has 156 valence electrons. The van der Waals surface area contributed by atoms with E-state index in [-0.39, 0.29) is 23.9 Å². The Bertz CT molecular complexity index is 987. The molecule has 0 radical (unpaired) electrons. The van der Waals surface area contributed by atoms with Crippen LogP contribution in [0.5, 0.6) is 11.5 Å². The highest BCUT2D eigenvalue weighted by Gasteiger charge is 2.56. The third-order valence-corrected chi connectivity index (χ3v) is 6.66. The van der Waals surface area contributed by atoms with E-state index in [1.807, 2.05) is 41.3 Å². The molecule has 0 aromatic heterocycles. The Morgan fingerprint density at radius 1 is 1.00 bits per heavy atom. The summed E-state index contributed by atoms with van der Waals surface area (Å²) >= 11 is 0. The summed E-state index contributed by atoms with van der Waals surface area (Å²) in [6.45, 7) is 0. The number of hydrogen-bond acceptors (Lipinski definition) is 5. The van der Waals surface area contributed by atoms with Crippen LogP contribution in [0, 0.1) is 5.92 Å². The molecule has 2 aromatic carbocycles. The molecule has 1 amide bonds. The average Bonchev–Trinajstić information content (AvgIpc) is 3.37. The number of fused-ring (bicyclic) bond motifs is 6. The second-order valence-corrected chi connectivity index (χ2v) is 8.03. The Labute approximate surface area is 176 Å². The fraction of sp³-hybridized carbons (Fsp3) is 0.375. The quantitative estimate of drug-likeness (QED) is 0.769. The highest BCUT2D eigenvalue weighted by Crippen LogP contribution is 2.52. The number of methoxy groups -OCH3 is 3. The van der Waals surface area contributed by atoms with E-state index in [1.165, 1.54) is 0 Å². The molecule has 2 aliphatic heterocycles. The SMILES string of the molecule is COc1ccc(N[C@H]2[C@H]3[C@H]4CC=C[C@H]4c4cc(OC)ccc4N3C(=O)[C@@H]2OC)cc1. The van der Waals surface area contributed by atoms with Gasteiger partial charge in [0.2, 0.25) is 0 Å². The number of anilines is 2. The van der Waals surface area contributed by atoms with Gasteiger partial charge in [-0.2, -0.15) is 0 Å². The molecule has 1 saturated heterocycles. The number of allylic oxidation sites excluding steroid dienone is 2. The summed E-state index contributed by atoms with van der Waals surface area (Å²) in [6, 6.07) is 13.6. The van der Waals surface area contributed by atoms with E-state index in [4.69, 9.17) is 14.2 Å². The highest BCUT2D eigenvalue weighted by atomic mass is 16.5. The summed E-state index contributed by atoms with van der Waals surface area (Å²) in [5.41, 5.74) is 3.05. The Morgan fingerprint density at radius 3 is 2.43 bits per heavy atom. The van der Waals surface area contributed by atoms with E-state index in [2.05, 4.69) is 23.5 Å². The zero-order chi connectivity index (χ0) is 20.8. The Hall–Kier alpha value is -2.99. The maximum absolute atomic E-state index is 13.5. The molecule has 1 aliphatic carbocycles. The molecule has 1 fully saturated rings. The van der Waals surface area contributed by atoms with Gasteiger partial charge in [0.15, 0.2) is 6.10 Å². The zero-order valence-electron chi connectivity index (χ0n) is 17.4. The van der Waals surface area contributed by atoms with Crippen molar-refractivity contribution in [1.82, 2.24) is 0 Å².